The molecule has 34 heavy (non-hydrogen) atoms. The summed E-state index contributed by atoms with van der Waals surface area (Å²) >= 11 is 0. The average Bonchev–Trinajstić information content (AvgIpc) is 3.65. The number of esters is 1. The van der Waals surface area contributed by atoms with Gasteiger partial charge in [0.05, 0.1) is 11.1 Å². The maximum atomic E-state index is 13.2. The second-order valence-electron chi connectivity index (χ2n) is 9.09. The van der Waals surface area contributed by atoms with Gasteiger partial charge in [-0.05, 0) is 81.3 Å². The minimum absolute atomic E-state index is 0.158. The highest BCUT2D eigenvalue weighted by molar-refractivity contribution is 6.06. The number of nitrogens with zero attached hydrogens (tertiary/aromatic N) is 1. The number of fused-ring (bicyclic) bond motifs is 2. The van der Waals surface area contributed by atoms with E-state index in [1.54, 1.807) is 24.3 Å². The van der Waals surface area contributed by atoms with Crippen LogP contribution in [0, 0.1) is 6.92 Å². The van der Waals surface area contributed by atoms with Crippen LogP contribution < -0.4 is 10.6 Å². The Kier molecular flexibility index (Phi) is 6.01. The fourth-order valence-electron chi connectivity index (χ4n) is 4.41. The first-order valence-electron chi connectivity index (χ1n) is 11.8. The molecular weight excluding hydrogens is 430 g/mol. The summed E-state index contributed by atoms with van der Waals surface area (Å²) in [6.07, 6.45) is 5.67. The summed E-state index contributed by atoms with van der Waals surface area (Å²) in [7, 11) is 0. The van der Waals surface area contributed by atoms with E-state index < -0.39 is 18.5 Å². The molecule has 174 valence electrons. The molecule has 1 fully saturated rings. The molecule has 0 saturated heterocycles. The average molecular weight is 458 g/mol. The highest BCUT2D eigenvalue weighted by Gasteiger charge is 2.25. The number of rotatable bonds is 6. The lowest BCUT2D eigenvalue weighted by Crippen LogP contribution is -2.26. The zero-order chi connectivity index (χ0) is 23.7. The highest BCUT2D eigenvalue weighted by Crippen LogP contribution is 2.30. The number of carbonyl (C=O) groups excluding carboxylic acids is 3. The molecule has 0 unspecified atom stereocenters. The number of amides is 2. The number of aromatic nitrogens is 1. The molecule has 7 heteroatoms. The van der Waals surface area contributed by atoms with Gasteiger partial charge in [-0.25, -0.2) is 4.79 Å². The van der Waals surface area contributed by atoms with Gasteiger partial charge in [0.2, 0.25) is 0 Å². The molecule has 2 N–H and O–H groups in total. The number of anilines is 1. The van der Waals surface area contributed by atoms with Crippen molar-refractivity contribution >= 4 is 34.4 Å². The fraction of sp³-hybridized carbons (Fsp3) is 0.333. The van der Waals surface area contributed by atoms with Crippen LogP contribution in [-0.2, 0) is 22.4 Å². The molecule has 0 radical (unpaired) electrons. The SMILES string of the molecule is Cc1ccc2nc3c(c(C(=O)OCC(=O)Nc4cccc(C(=O)NC5CC5)c4)c2c1)CCCC3. The van der Waals surface area contributed by atoms with Crippen molar-refractivity contribution in [1.29, 1.82) is 0 Å². The van der Waals surface area contributed by atoms with Crippen molar-refractivity contribution in [2.24, 2.45) is 0 Å². The number of carbonyl (C=O) groups is 3. The van der Waals surface area contributed by atoms with Gasteiger partial charge in [-0.2, -0.15) is 0 Å². The Bertz CT molecular complexity index is 1300. The van der Waals surface area contributed by atoms with Gasteiger partial charge in [-0.15, -0.1) is 0 Å². The van der Waals surface area contributed by atoms with E-state index in [1.807, 2.05) is 25.1 Å². The molecule has 2 aliphatic rings. The number of pyridine rings is 1. The van der Waals surface area contributed by atoms with Gasteiger partial charge in [-0.1, -0.05) is 17.7 Å². The largest absolute Gasteiger partial charge is 0.452 e. The van der Waals surface area contributed by atoms with E-state index in [-0.39, 0.29) is 11.9 Å². The van der Waals surface area contributed by atoms with Crippen molar-refractivity contribution in [3.63, 3.8) is 0 Å². The first-order valence-corrected chi connectivity index (χ1v) is 11.8. The molecule has 0 spiro atoms. The van der Waals surface area contributed by atoms with Crippen LogP contribution in [0.25, 0.3) is 10.9 Å². The van der Waals surface area contributed by atoms with Crippen molar-refractivity contribution in [2.75, 3.05) is 11.9 Å². The molecule has 2 aliphatic carbocycles. The van der Waals surface area contributed by atoms with Gasteiger partial charge in [0.25, 0.3) is 11.8 Å². The first-order chi connectivity index (χ1) is 16.5. The monoisotopic (exact) mass is 457 g/mol. The van der Waals surface area contributed by atoms with Crippen LogP contribution in [0.5, 0.6) is 0 Å². The summed E-state index contributed by atoms with van der Waals surface area (Å²) in [6, 6.07) is 12.8. The van der Waals surface area contributed by atoms with Crippen molar-refractivity contribution < 1.29 is 19.1 Å². The Morgan fingerprint density at radius 1 is 1.06 bits per heavy atom. The van der Waals surface area contributed by atoms with E-state index in [2.05, 4.69) is 10.6 Å². The molecule has 3 aromatic rings. The van der Waals surface area contributed by atoms with Crippen LogP contribution in [0.2, 0.25) is 0 Å². The van der Waals surface area contributed by atoms with Crippen LogP contribution in [0.4, 0.5) is 5.69 Å². The topological polar surface area (TPSA) is 97.4 Å². The van der Waals surface area contributed by atoms with Crippen molar-refractivity contribution in [3.05, 3.63) is 70.4 Å². The van der Waals surface area contributed by atoms with E-state index in [9.17, 15) is 14.4 Å². The van der Waals surface area contributed by atoms with Crippen LogP contribution in [-0.4, -0.2) is 35.4 Å². The normalized spacial score (nSPS) is 14.9. The second kappa shape index (κ2) is 9.25. The van der Waals surface area contributed by atoms with Crippen LogP contribution in [0.1, 0.15) is 63.2 Å². The van der Waals surface area contributed by atoms with E-state index in [0.717, 1.165) is 66.2 Å². The minimum Gasteiger partial charge on any atom is -0.452 e. The Balaban J connectivity index is 1.29. The summed E-state index contributed by atoms with van der Waals surface area (Å²) in [5.41, 5.74) is 5.16. The Morgan fingerprint density at radius 3 is 2.71 bits per heavy atom. The van der Waals surface area contributed by atoms with E-state index in [0.29, 0.717) is 16.8 Å². The van der Waals surface area contributed by atoms with Crippen molar-refractivity contribution in [1.82, 2.24) is 10.3 Å². The molecule has 0 atom stereocenters. The maximum absolute atomic E-state index is 13.2. The predicted octanol–water partition coefficient (Wildman–Crippen LogP) is 4.11. The number of benzene rings is 2. The van der Waals surface area contributed by atoms with Gasteiger partial charge in [0.15, 0.2) is 6.61 Å². The Labute approximate surface area is 197 Å². The van der Waals surface area contributed by atoms with Gasteiger partial charge >= 0.3 is 5.97 Å². The van der Waals surface area contributed by atoms with Gasteiger partial charge in [-0.3, -0.25) is 14.6 Å². The zero-order valence-electron chi connectivity index (χ0n) is 19.1. The van der Waals surface area contributed by atoms with Crippen LogP contribution in [0.15, 0.2) is 42.5 Å². The summed E-state index contributed by atoms with van der Waals surface area (Å²) < 4.78 is 5.46. The number of nitrogens with one attached hydrogen (secondary N) is 2. The summed E-state index contributed by atoms with van der Waals surface area (Å²) in [6.45, 7) is 1.56. The molecule has 1 aromatic heterocycles. The maximum Gasteiger partial charge on any atom is 0.339 e. The Morgan fingerprint density at radius 2 is 1.88 bits per heavy atom. The molecular formula is C27H27N3O4. The first kappa shape index (κ1) is 22.1. The third-order valence-corrected chi connectivity index (χ3v) is 6.28. The number of hydrogen-bond donors (Lipinski definition) is 2. The smallest absolute Gasteiger partial charge is 0.339 e. The lowest BCUT2D eigenvalue weighted by molar-refractivity contribution is -0.119. The molecule has 1 heterocycles. The van der Waals surface area contributed by atoms with Gasteiger partial charge < -0.3 is 15.4 Å². The molecule has 0 aliphatic heterocycles. The minimum atomic E-state index is -0.510. The number of aryl methyl sites for hydroxylation is 2. The molecule has 2 aromatic carbocycles. The lowest BCUT2D eigenvalue weighted by Gasteiger charge is -2.20. The van der Waals surface area contributed by atoms with Crippen LogP contribution in [0.3, 0.4) is 0 Å². The fourth-order valence-corrected chi connectivity index (χ4v) is 4.41. The van der Waals surface area contributed by atoms with Gasteiger partial charge in [0, 0.05) is 28.4 Å². The molecule has 0 bridgehead atoms. The Hall–Kier alpha value is -3.74. The second-order valence-corrected chi connectivity index (χ2v) is 9.09. The third-order valence-electron chi connectivity index (χ3n) is 6.28. The highest BCUT2D eigenvalue weighted by atomic mass is 16.5. The van der Waals surface area contributed by atoms with Crippen molar-refractivity contribution in [3.8, 4) is 0 Å². The van der Waals surface area contributed by atoms with Crippen LogP contribution >= 0.6 is 0 Å². The summed E-state index contributed by atoms with van der Waals surface area (Å²) in [4.78, 5) is 42.7. The predicted molar refractivity (Wildman–Crippen MR) is 129 cm³/mol. The summed E-state index contributed by atoms with van der Waals surface area (Å²) in [5, 5.41) is 6.40. The molecule has 5 rings (SSSR count). The third kappa shape index (κ3) is 4.78. The molecule has 2 amide bonds. The number of hydrogen-bond acceptors (Lipinski definition) is 5. The lowest BCUT2D eigenvalue weighted by atomic mass is 9.89. The number of ether oxygens (including phenoxy) is 1. The summed E-state index contributed by atoms with van der Waals surface area (Å²) in [5.74, 6) is -1.13. The molecule has 7 nitrogen and oxygen atoms in total. The zero-order valence-corrected chi connectivity index (χ0v) is 19.1. The van der Waals surface area contributed by atoms with E-state index in [4.69, 9.17) is 9.72 Å². The standard InChI is InChI=1S/C27H27N3O4/c1-16-9-12-23-21(13-16)25(20-7-2-3-8-22(20)30-23)27(33)34-15-24(31)28-19-6-4-5-17(14-19)26(32)29-18-10-11-18/h4-6,9,12-14,18H,2-3,7-8,10-11,15H2,1H3,(H,28,31)(H,29,32). The van der Waals surface area contributed by atoms with E-state index >= 15 is 0 Å². The van der Waals surface area contributed by atoms with Gasteiger partial charge in [0.1, 0.15) is 0 Å². The molecule has 1 saturated carbocycles. The quantitative estimate of drug-likeness (QED) is 0.543. The van der Waals surface area contributed by atoms with Crippen molar-refractivity contribution in [2.45, 2.75) is 51.5 Å². The van der Waals surface area contributed by atoms with E-state index in [1.165, 1.54) is 0 Å².